The standard InChI is InChI=1S/C11H8Cl2N2O3S/c12-5-4-6(14-9(5)13)10(16)15-8(11(17)18)7-2-1-3-19-7/h1-4,8,14H,(H,15,16)(H,17,18). The third-order valence-corrected chi connectivity index (χ3v) is 3.95. The van der Waals surface area contributed by atoms with Gasteiger partial charge in [0.1, 0.15) is 10.8 Å². The molecule has 0 saturated carbocycles. The van der Waals surface area contributed by atoms with Crippen LogP contribution < -0.4 is 5.32 Å². The first-order valence-electron chi connectivity index (χ1n) is 5.10. The van der Waals surface area contributed by atoms with Crippen LogP contribution in [-0.4, -0.2) is 22.0 Å². The molecule has 8 heteroatoms. The number of halogens is 2. The van der Waals surface area contributed by atoms with Crippen LogP contribution in [0.1, 0.15) is 21.4 Å². The maximum atomic E-state index is 11.9. The van der Waals surface area contributed by atoms with E-state index in [1.54, 1.807) is 17.5 Å². The van der Waals surface area contributed by atoms with E-state index >= 15 is 0 Å². The lowest BCUT2D eigenvalue weighted by molar-refractivity contribution is -0.139. The largest absolute Gasteiger partial charge is 0.479 e. The fourth-order valence-corrected chi connectivity index (χ4v) is 2.53. The molecule has 0 aliphatic rings. The van der Waals surface area contributed by atoms with Crippen LogP contribution in [0.15, 0.2) is 23.6 Å². The number of amides is 1. The van der Waals surface area contributed by atoms with Crippen LogP contribution in [0.2, 0.25) is 10.2 Å². The normalized spacial score (nSPS) is 12.1. The molecule has 1 amide bonds. The third-order valence-electron chi connectivity index (χ3n) is 2.32. The lowest BCUT2D eigenvalue weighted by Crippen LogP contribution is -2.33. The van der Waals surface area contributed by atoms with E-state index in [1.807, 2.05) is 0 Å². The highest BCUT2D eigenvalue weighted by Crippen LogP contribution is 2.23. The van der Waals surface area contributed by atoms with Crippen molar-refractivity contribution in [1.29, 1.82) is 0 Å². The van der Waals surface area contributed by atoms with E-state index in [9.17, 15) is 9.59 Å². The number of rotatable bonds is 4. The second-order valence-electron chi connectivity index (χ2n) is 3.61. The lowest BCUT2D eigenvalue weighted by Gasteiger charge is -2.12. The van der Waals surface area contributed by atoms with Gasteiger partial charge in [0.15, 0.2) is 6.04 Å². The number of hydrogen-bond donors (Lipinski definition) is 3. The summed E-state index contributed by atoms with van der Waals surface area (Å²) in [4.78, 5) is 26.2. The van der Waals surface area contributed by atoms with Crippen LogP contribution in [0.3, 0.4) is 0 Å². The van der Waals surface area contributed by atoms with Crippen LogP contribution in [-0.2, 0) is 4.79 Å². The maximum Gasteiger partial charge on any atom is 0.331 e. The number of nitrogens with one attached hydrogen (secondary N) is 2. The number of carbonyl (C=O) groups is 2. The minimum atomic E-state index is -1.14. The Morgan fingerprint density at radius 2 is 2.16 bits per heavy atom. The average molecular weight is 319 g/mol. The molecule has 19 heavy (non-hydrogen) atoms. The molecule has 2 rings (SSSR count). The molecule has 0 spiro atoms. The Hall–Kier alpha value is -1.50. The van der Waals surface area contributed by atoms with E-state index in [4.69, 9.17) is 28.3 Å². The molecule has 5 nitrogen and oxygen atoms in total. The summed E-state index contributed by atoms with van der Waals surface area (Å²) in [6.07, 6.45) is 0. The molecule has 0 bridgehead atoms. The molecular weight excluding hydrogens is 311 g/mol. The molecule has 2 aromatic rings. The quantitative estimate of drug-likeness (QED) is 0.810. The predicted molar refractivity (Wildman–Crippen MR) is 73.0 cm³/mol. The molecule has 1 atom stereocenters. The van der Waals surface area contributed by atoms with Gasteiger partial charge in [0.2, 0.25) is 0 Å². The number of carbonyl (C=O) groups excluding carboxylic acids is 1. The first-order valence-corrected chi connectivity index (χ1v) is 6.73. The Balaban J connectivity index is 2.18. The summed E-state index contributed by atoms with van der Waals surface area (Å²) in [5.74, 6) is -1.73. The van der Waals surface area contributed by atoms with Crippen molar-refractivity contribution in [3.05, 3.63) is 44.3 Å². The van der Waals surface area contributed by atoms with Crippen LogP contribution >= 0.6 is 34.5 Å². The zero-order valence-corrected chi connectivity index (χ0v) is 11.6. The Morgan fingerprint density at radius 1 is 1.42 bits per heavy atom. The van der Waals surface area contributed by atoms with Gasteiger partial charge in [-0.3, -0.25) is 4.79 Å². The van der Waals surface area contributed by atoms with Crippen molar-refractivity contribution < 1.29 is 14.7 Å². The molecule has 1 unspecified atom stereocenters. The number of carboxylic acids is 1. The highest BCUT2D eigenvalue weighted by Gasteiger charge is 2.24. The van der Waals surface area contributed by atoms with E-state index in [-0.39, 0.29) is 15.9 Å². The number of H-pyrrole nitrogens is 1. The van der Waals surface area contributed by atoms with E-state index < -0.39 is 17.9 Å². The molecular formula is C11H8Cl2N2O3S. The molecule has 2 heterocycles. The van der Waals surface area contributed by atoms with E-state index in [0.717, 1.165) is 0 Å². The van der Waals surface area contributed by atoms with Crippen molar-refractivity contribution in [2.45, 2.75) is 6.04 Å². The van der Waals surface area contributed by atoms with Crippen LogP contribution in [0, 0.1) is 0 Å². The minimum absolute atomic E-state index is 0.109. The van der Waals surface area contributed by atoms with Gasteiger partial charge in [-0.25, -0.2) is 4.79 Å². The van der Waals surface area contributed by atoms with E-state index in [2.05, 4.69) is 10.3 Å². The second-order valence-corrected chi connectivity index (χ2v) is 5.37. The summed E-state index contributed by atoms with van der Waals surface area (Å²) in [6, 6.07) is 3.59. The number of aliphatic carboxylic acids is 1. The lowest BCUT2D eigenvalue weighted by atomic mass is 10.2. The van der Waals surface area contributed by atoms with Crippen molar-refractivity contribution >= 4 is 46.4 Å². The van der Waals surface area contributed by atoms with Crippen LogP contribution in [0.4, 0.5) is 0 Å². The van der Waals surface area contributed by atoms with Gasteiger partial charge in [-0.05, 0) is 17.5 Å². The topological polar surface area (TPSA) is 82.2 Å². The zero-order chi connectivity index (χ0) is 14.0. The summed E-state index contributed by atoms with van der Waals surface area (Å²) in [6.45, 7) is 0. The molecule has 0 aromatic carbocycles. The van der Waals surface area contributed by atoms with Gasteiger partial charge in [0.05, 0.1) is 5.02 Å². The highest BCUT2D eigenvalue weighted by atomic mass is 35.5. The summed E-state index contributed by atoms with van der Waals surface area (Å²) >= 11 is 12.7. The Morgan fingerprint density at radius 3 is 2.63 bits per heavy atom. The Bertz CT molecular complexity index is 590. The number of aromatic amines is 1. The van der Waals surface area contributed by atoms with Gasteiger partial charge in [0, 0.05) is 4.88 Å². The highest BCUT2D eigenvalue weighted by molar-refractivity contribution is 7.10. The van der Waals surface area contributed by atoms with Crippen molar-refractivity contribution in [3.8, 4) is 0 Å². The smallest absolute Gasteiger partial charge is 0.331 e. The first kappa shape index (κ1) is 13.9. The monoisotopic (exact) mass is 318 g/mol. The van der Waals surface area contributed by atoms with Gasteiger partial charge in [0.25, 0.3) is 5.91 Å². The minimum Gasteiger partial charge on any atom is -0.479 e. The van der Waals surface area contributed by atoms with E-state index in [0.29, 0.717) is 4.88 Å². The molecule has 0 saturated heterocycles. The van der Waals surface area contributed by atoms with Crippen LogP contribution in [0.5, 0.6) is 0 Å². The fourth-order valence-electron chi connectivity index (χ4n) is 1.45. The summed E-state index contributed by atoms with van der Waals surface area (Å²) < 4.78 is 0. The first-order chi connectivity index (χ1) is 8.99. The average Bonchev–Trinajstić information content (AvgIpc) is 2.97. The molecule has 3 N–H and O–H groups in total. The maximum absolute atomic E-state index is 11.9. The second kappa shape index (κ2) is 5.64. The molecule has 0 fully saturated rings. The predicted octanol–water partition coefficient (Wildman–Crippen LogP) is 2.94. The van der Waals surface area contributed by atoms with Gasteiger partial charge in [-0.2, -0.15) is 0 Å². The molecule has 2 aromatic heterocycles. The van der Waals surface area contributed by atoms with Crippen LogP contribution in [0.25, 0.3) is 0 Å². The van der Waals surface area contributed by atoms with Gasteiger partial charge in [-0.15, -0.1) is 11.3 Å². The molecule has 0 aliphatic carbocycles. The fraction of sp³-hybridized carbons (Fsp3) is 0.0909. The Labute approximate surface area is 122 Å². The summed E-state index contributed by atoms with van der Waals surface area (Å²) in [7, 11) is 0. The van der Waals surface area contributed by atoms with Gasteiger partial charge in [-0.1, -0.05) is 29.3 Å². The van der Waals surface area contributed by atoms with Crippen molar-refractivity contribution in [3.63, 3.8) is 0 Å². The SMILES string of the molecule is O=C(NC(C(=O)O)c1cccs1)c1cc(Cl)c(Cl)[nH]1. The number of hydrogen-bond acceptors (Lipinski definition) is 3. The molecule has 100 valence electrons. The Kier molecular flexibility index (Phi) is 4.14. The van der Waals surface area contributed by atoms with Gasteiger partial charge < -0.3 is 15.4 Å². The van der Waals surface area contributed by atoms with Gasteiger partial charge >= 0.3 is 5.97 Å². The van der Waals surface area contributed by atoms with Crippen molar-refractivity contribution in [2.24, 2.45) is 0 Å². The summed E-state index contributed by atoms with van der Waals surface area (Å²) in [5.41, 5.74) is 0.109. The number of carboxylic acid groups (broad SMARTS) is 1. The number of thiophene rings is 1. The molecule has 0 radical (unpaired) electrons. The van der Waals surface area contributed by atoms with Crippen molar-refractivity contribution in [2.75, 3.05) is 0 Å². The van der Waals surface area contributed by atoms with E-state index in [1.165, 1.54) is 17.4 Å². The zero-order valence-electron chi connectivity index (χ0n) is 9.31. The third kappa shape index (κ3) is 3.09. The molecule has 0 aliphatic heterocycles. The number of aromatic nitrogens is 1. The van der Waals surface area contributed by atoms with Crippen molar-refractivity contribution in [1.82, 2.24) is 10.3 Å². The summed E-state index contributed by atoms with van der Waals surface area (Å²) in [5, 5.41) is 13.6.